The number of H-pyrrole nitrogens is 1. The van der Waals surface area contributed by atoms with Crippen molar-refractivity contribution >= 4 is 11.7 Å². The molecule has 2 aromatic rings. The number of carbonyl (C=O) groups excluding carboxylic acids is 2. The molecule has 1 amide bonds. The second kappa shape index (κ2) is 5.72. The van der Waals surface area contributed by atoms with E-state index in [2.05, 4.69) is 28.7 Å². The van der Waals surface area contributed by atoms with Gasteiger partial charge in [-0.3, -0.25) is 9.59 Å². The highest BCUT2D eigenvalue weighted by molar-refractivity contribution is 6.02. The lowest BCUT2D eigenvalue weighted by atomic mass is 10.0. The van der Waals surface area contributed by atoms with Crippen molar-refractivity contribution in [2.45, 2.75) is 46.7 Å². The van der Waals surface area contributed by atoms with Crippen LogP contribution in [0.15, 0.2) is 18.3 Å². The van der Waals surface area contributed by atoms with Crippen molar-refractivity contribution in [2.75, 3.05) is 6.54 Å². The molecule has 0 bridgehead atoms. The molecule has 0 saturated heterocycles. The number of aryl methyl sites for hydroxylation is 1. The van der Waals surface area contributed by atoms with Crippen LogP contribution in [0.4, 0.5) is 0 Å². The highest BCUT2D eigenvalue weighted by Gasteiger charge is 2.32. The van der Waals surface area contributed by atoms with E-state index in [0.717, 1.165) is 24.2 Å². The van der Waals surface area contributed by atoms with Crippen molar-refractivity contribution in [1.29, 1.82) is 0 Å². The molecular formula is C18H23N3O2. The largest absolute Gasteiger partial charge is 0.355 e. The van der Waals surface area contributed by atoms with Crippen molar-refractivity contribution < 1.29 is 9.59 Å². The van der Waals surface area contributed by atoms with E-state index in [1.165, 1.54) is 12.6 Å². The molecule has 3 heterocycles. The third-order valence-electron chi connectivity index (χ3n) is 4.82. The molecule has 0 radical (unpaired) electrons. The number of ketones is 1. The Balaban J connectivity index is 2.00. The predicted octanol–water partition coefficient (Wildman–Crippen LogP) is 3.24. The van der Waals surface area contributed by atoms with Crippen molar-refractivity contribution in [2.24, 2.45) is 0 Å². The maximum atomic E-state index is 13.2. The molecule has 0 spiro atoms. The lowest BCUT2D eigenvalue weighted by molar-refractivity contribution is 0.0616. The molecule has 2 aromatic heterocycles. The summed E-state index contributed by atoms with van der Waals surface area (Å²) in [6.45, 7) is 8.84. The molecule has 0 aliphatic carbocycles. The zero-order valence-electron chi connectivity index (χ0n) is 14.1. The summed E-state index contributed by atoms with van der Waals surface area (Å²) in [6.07, 6.45) is 2.94. The second-order valence-electron chi connectivity index (χ2n) is 6.23. The second-order valence-corrected chi connectivity index (χ2v) is 6.23. The van der Waals surface area contributed by atoms with Gasteiger partial charge in [-0.25, -0.2) is 0 Å². The number of nitrogens with zero attached hydrogens (tertiary/aromatic N) is 2. The van der Waals surface area contributed by atoms with E-state index in [-0.39, 0.29) is 17.7 Å². The minimum atomic E-state index is -0.0378. The fraction of sp³-hybridized carbons (Fsp3) is 0.444. The van der Waals surface area contributed by atoms with Gasteiger partial charge in [0.25, 0.3) is 5.91 Å². The maximum Gasteiger partial charge on any atom is 0.256 e. The van der Waals surface area contributed by atoms with Crippen LogP contribution in [0, 0.1) is 13.8 Å². The Morgan fingerprint density at radius 3 is 2.65 bits per heavy atom. The summed E-state index contributed by atoms with van der Waals surface area (Å²) in [5.74, 6) is -0.0211. The summed E-state index contributed by atoms with van der Waals surface area (Å²) in [4.78, 5) is 29.9. The number of hydrogen-bond acceptors (Lipinski definition) is 2. The molecule has 1 aliphatic rings. The van der Waals surface area contributed by atoms with Crippen LogP contribution in [0.5, 0.6) is 0 Å². The molecule has 0 fully saturated rings. The minimum absolute atomic E-state index is 0.0167. The molecule has 3 rings (SSSR count). The SMILES string of the molecule is CC[C@@H]1c2cccn2CCN1C(=O)c1c(C)[nH]c(C(C)=O)c1C. The van der Waals surface area contributed by atoms with Gasteiger partial charge >= 0.3 is 0 Å². The highest BCUT2D eigenvalue weighted by Crippen LogP contribution is 2.31. The maximum absolute atomic E-state index is 13.2. The van der Waals surface area contributed by atoms with E-state index in [1.54, 1.807) is 0 Å². The molecule has 1 aliphatic heterocycles. The summed E-state index contributed by atoms with van der Waals surface area (Å²) in [6, 6.07) is 4.21. The fourth-order valence-electron chi connectivity index (χ4n) is 3.70. The monoisotopic (exact) mass is 313 g/mol. The number of carbonyl (C=O) groups is 2. The Hall–Kier alpha value is -2.30. The lowest BCUT2D eigenvalue weighted by Crippen LogP contribution is -2.42. The number of hydrogen-bond donors (Lipinski definition) is 1. The third kappa shape index (κ3) is 2.40. The first-order valence-corrected chi connectivity index (χ1v) is 8.11. The van der Waals surface area contributed by atoms with Gasteiger partial charge in [0.15, 0.2) is 5.78 Å². The van der Waals surface area contributed by atoms with Crippen molar-refractivity contribution in [1.82, 2.24) is 14.5 Å². The van der Waals surface area contributed by atoms with Crippen LogP contribution in [0.25, 0.3) is 0 Å². The van der Waals surface area contributed by atoms with Gasteiger partial charge in [0.1, 0.15) is 0 Å². The number of nitrogens with one attached hydrogen (secondary N) is 1. The molecule has 1 N–H and O–H groups in total. The van der Waals surface area contributed by atoms with E-state index in [1.807, 2.05) is 24.8 Å². The number of rotatable bonds is 3. The van der Waals surface area contributed by atoms with E-state index in [9.17, 15) is 9.59 Å². The van der Waals surface area contributed by atoms with Crippen molar-refractivity contribution in [3.8, 4) is 0 Å². The van der Waals surface area contributed by atoms with Crippen LogP contribution < -0.4 is 0 Å². The molecule has 23 heavy (non-hydrogen) atoms. The van der Waals surface area contributed by atoms with Crippen LogP contribution in [0.2, 0.25) is 0 Å². The summed E-state index contributed by atoms with van der Waals surface area (Å²) in [7, 11) is 0. The minimum Gasteiger partial charge on any atom is -0.355 e. The molecule has 0 unspecified atom stereocenters. The van der Waals surface area contributed by atoms with Crippen LogP contribution in [0.3, 0.4) is 0 Å². The first kappa shape index (κ1) is 15.6. The average molecular weight is 313 g/mol. The Morgan fingerprint density at radius 1 is 1.30 bits per heavy atom. The zero-order valence-corrected chi connectivity index (χ0v) is 14.1. The summed E-state index contributed by atoms with van der Waals surface area (Å²) in [5, 5.41) is 0. The quantitative estimate of drug-likeness (QED) is 0.884. The van der Waals surface area contributed by atoms with Crippen LogP contribution >= 0.6 is 0 Å². The summed E-state index contributed by atoms with van der Waals surface area (Å²) < 4.78 is 2.22. The van der Waals surface area contributed by atoms with Crippen molar-refractivity contribution in [3.63, 3.8) is 0 Å². The molecule has 5 nitrogen and oxygen atoms in total. The standard InChI is InChI=1S/C18H23N3O2/c1-5-14-15-7-6-8-20(15)9-10-21(14)18(23)16-11(2)17(13(4)22)19-12(16)3/h6-8,14,19H,5,9-10H2,1-4H3/t14-/m1/s1. The molecule has 122 valence electrons. The Kier molecular flexibility index (Phi) is 3.88. The first-order valence-electron chi connectivity index (χ1n) is 8.11. The number of Topliss-reactive ketones (excluding diaryl/α,β-unsaturated/α-hetero) is 1. The smallest absolute Gasteiger partial charge is 0.256 e. The number of aromatic amines is 1. The van der Waals surface area contributed by atoms with Crippen LogP contribution in [-0.2, 0) is 6.54 Å². The predicted molar refractivity (Wildman–Crippen MR) is 88.8 cm³/mol. The Bertz CT molecular complexity index is 769. The van der Waals surface area contributed by atoms with E-state index >= 15 is 0 Å². The Morgan fingerprint density at radius 2 is 2.04 bits per heavy atom. The highest BCUT2D eigenvalue weighted by atomic mass is 16.2. The zero-order chi connectivity index (χ0) is 16.7. The molecule has 0 aromatic carbocycles. The van der Waals surface area contributed by atoms with Crippen LogP contribution in [-0.4, -0.2) is 32.7 Å². The van der Waals surface area contributed by atoms with Crippen LogP contribution in [0.1, 0.15) is 64.1 Å². The van der Waals surface area contributed by atoms with Gasteiger partial charge in [-0.05, 0) is 38.0 Å². The first-order chi connectivity index (χ1) is 11.0. The normalized spacial score (nSPS) is 17.2. The molecule has 5 heteroatoms. The van der Waals surface area contributed by atoms with E-state index in [0.29, 0.717) is 17.8 Å². The summed E-state index contributed by atoms with van der Waals surface area (Å²) in [5.41, 5.74) is 3.90. The number of aromatic nitrogens is 2. The number of amides is 1. The number of fused-ring (bicyclic) bond motifs is 1. The van der Waals surface area contributed by atoms with E-state index in [4.69, 9.17) is 0 Å². The molecular weight excluding hydrogens is 290 g/mol. The van der Waals surface area contributed by atoms with Crippen molar-refractivity contribution in [3.05, 3.63) is 46.5 Å². The van der Waals surface area contributed by atoms with Gasteiger partial charge in [0.2, 0.25) is 0 Å². The van der Waals surface area contributed by atoms with Gasteiger partial charge in [0, 0.05) is 37.6 Å². The van der Waals surface area contributed by atoms with Gasteiger partial charge in [-0.2, -0.15) is 0 Å². The molecule has 0 saturated carbocycles. The lowest BCUT2D eigenvalue weighted by Gasteiger charge is -2.36. The third-order valence-corrected chi connectivity index (χ3v) is 4.82. The topological polar surface area (TPSA) is 58.1 Å². The van der Waals surface area contributed by atoms with Gasteiger partial charge in [0.05, 0.1) is 17.3 Å². The Labute approximate surface area is 136 Å². The molecule has 1 atom stereocenters. The van der Waals surface area contributed by atoms with Gasteiger partial charge < -0.3 is 14.5 Å². The summed E-state index contributed by atoms with van der Waals surface area (Å²) >= 11 is 0. The van der Waals surface area contributed by atoms with E-state index < -0.39 is 0 Å². The fourth-order valence-corrected chi connectivity index (χ4v) is 3.70. The average Bonchev–Trinajstić information content (AvgIpc) is 3.10. The van der Waals surface area contributed by atoms with Gasteiger partial charge in [-0.1, -0.05) is 6.92 Å². The van der Waals surface area contributed by atoms with Gasteiger partial charge in [-0.15, -0.1) is 0 Å².